The first-order valence-electron chi connectivity index (χ1n) is 17.7. The van der Waals surface area contributed by atoms with E-state index in [0.717, 1.165) is 19.4 Å². The summed E-state index contributed by atoms with van der Waals surface area (Å²) in [6, 6.07) is 56.8. The van der Waals surface area contributed by atoms with Crippen LogP contribution in [0.1, 0.15) is 37.0 Å². The zero-order valence-electron chi connectivity index (χ0n) is 28.0. The van der Waals surface area contributed by atoms with Crippen molar-refractivity contribution in [2.75, 3.05) is 11.4 Å². The van der Waals surface area contributed by atoms with Crippen LogP contribution in [-0.4, -0.2) is 6.54 Å². The molecule has 0 spiro atoms. The maximum Gasteiger partial charge on any atom is 0.0570 e. The Morgan fingerprint density at radius 2 is 1.02 bits per heavy atom. The van der Waals surface area contributed by atoms with Crippen molar-refractivity contribution in [1.82, 2.24) is 0 Å². The molecular weight excluding hydrogens is 591 g/mol. The fourth-order valence-electron chi connectivity index (χ4n) is 9.08. The van der Waals surface area contributed by atoms with Gasteiger partial charge in [0.2, 0.25) is 0 Å². The molecular formula is C48H37N. The molecule has 49 heavy (non-hydrogen) atoms. The summed E-state index contributed by atoms with van der Waals surface area (Å²) < 4.78 is 0. The summed E-state index contributed by atoms with van der Waals surface area (Å²) in [4.78, 5) is 2.58. The number of benzene rings is 8. The van der Waals surface area contributed by atoms with Gasteiger partial charge in [-0.25, -0.2) is 0 Å². The molecule has 0 aromatic heterocycles. The van der Waals surface area contributed by atoms with Crippen LogP contribution in [0, 0.1) is 0 Å². The number of fused-ring (bicyclic) bond motifs is 8. The predicted octanol–water partition coefficient (Wildman–Crippen LogP) is 12.9. The smallest absolute Gasteiger partial charge is 0.0570 e. The first-order chi connectivity index (χ1) is 24.1. The maximum atomic E-state index is 2.58. The third kappa shape index (κ3) is 4.12. The molecule has 0 saturated carbocycles. The number of hydrogen-bond acceptors (Lipinski definition) is 1. The van der Waals surface area contributed by atoms with E-state index in [2.05, 4.69) is 170 Å². The molecule has 1 heteroatoms. The second kappa shape index (κ2) is 10.7. The Labute approximate surface area is 288 Å². The van der Waals surface area contributed by atoms with Gasteiger partial charge in [-0.2, -0.15) is 0 Å². The summed E-state index contributed by atoms with van der Waals surface area (Å²) in [6.45, 7) is 5.78. The predicted molar refractivity (Wildman–Crippen MR) is 209 cm³/mol. The van der Waals surface area contributed by atoms with Crippen LogP contribution >= 0.6 is 0 Å². The van der Waals surface area contributed by atoms with Crippen LogP contribution in [0.3, 0.4) is 0 Å². The lowest BCUT2D eigenvalue weighted by Gasteiger charge is -2.34. The summed E-state index contributed by atoms with van der Waals surface area (Å²) in [5.74, 6) is 0. The third-order valence-corrected chi connectivity index (χ3v) is 11.4. The molecule has 8 aromatic rings. The molecule has 0 atom stereocenters. The van der Waals surface area contributed by atoms with E-state index in [9.17, 15) is 0 Å². The van der Waals surface area contributed by atoms with Crippen molar-refractivity contribution in [2.45, 2.75) is 32.1 Å². The van der Waals surface area contributed by atoms with Crippen molar-refractivity contribution in [1.29, 1.82) is 0 Å². The lowest BCUT2D eigenvalue weighted by Crippen LogP contribution is -2.25. The first-order valence-corrected chi connectivity index (χ1v) is 17.7. The van der Waals surface area contributed by atoms with Crippen molar-refractivity contribution >= 4 is 43.7 Å². The Morgan fingerprint density at radius 3 is 1.73 bits per heavy atom. The van der Waals surface area contributed by atoms with Crippen molar-refractivity contribution in [2.24, 2.45) is 0 Å². The van der Waals surface area contributed by atoms with E-state index in [0.29, 0.717) is 0 Å². The van der Waals surface area contributed by atoms with E-state index in [4.69, 9.17) is 0 Å². The highest BCUT2D eigenvalue weighted by atomic mass is 15.1. The van der Waals surface area contributed by atoms with Gasteiger partial charge >= 0.3 is 0 Å². The highest BCUT2D eigenvalue weighted by molar-refractivity contribution is 6.21. The largest absolute Gasteiger partial charge is 0.340 e. The molecule has 8 aromatic carbocycles. The molecule has 0 bridgehead atoms. The van der Waals surface area contributed by atoms with E-state index in [1.807, 2.05) is 0 Å². The zero-order valence-corrected chi connectivity index (χ0v) is 28.0. The van der Waals surface area contributed by atoms with E-state index in [-0.39, 0.29) is 5.41 Å². The third-order valence-electron chi connectivity index (χ3n) is 11.4. The molecule has 1 nitrogen and oxygen atoms in total. The SMILES string of the molecule is CC1(C)c2ccccc2-c2c1cc(-c1ccc(-c3c4ccccc4c(N4CCCc5ccccc54)c4ccccc34)cc1)c1ccccc21. The monoisotopic (exact) mass is 627 g/mol. The number of rotatable bonds is 3. The standard InChI is InChI=1S/C48H37N/c1-48(2)42-23-11-10-22-40(42)46-35-17-5-4-16-34(35)41(30-43(46)48)31-25-27-33(28-26-31)45-36-18-6-8-20-38(36)47(39-21-9-7-19-37(39)45)49-29-13-15-32-14-3-12-24-44(32)49/h3-12,14,16-28,30H,13,15,29H2,1-2H3. The van der Waals surface area contributed by atoms with Crippen LogP contribution in [-0.2, 0) is 11.8 Å². The minimum atomic E-state index is -0.0565. The second-order valence-corrected chi connectivity index (χ2v) is 14.3. The van der Waals surface area contributed by atoms with Gasteiger partial charge in [0.25, 0.3) is 0 Å². The zero-order chi connectivity index (χ0) is 32.7. The molecule has 1 aliphatic carbocycles. The minimum Gasteiger partial charge on any atom is -0.340 e. The van der Waals surface area contributed by atoms with Gasteiger partial charge in [-0.1, -0.05) is 153 Å². The summed E-state index contributed by atoms with van der Waals surface area (Å²) in [5, 5.41) is 7.86. The van der Waals surface area contributed by atoms with Crippen molar-refractivity contribution in [3.63, 3.8) is 0 Å². The Kier molecular flexibility index (Phi) is 6.18. The van der Waals surface area contributed by atoms with Gasteiger partial charge in [-0.15, -0.1) is 0 Å². The number of aryl methyl sites for hydroxylation is 1. The molecule has 1 heterocycles. The van der Waals surface area contributed by atoms with Crippen molar-refractivity contribution in [3.8, 4) is 33.4 Å². The Hall–Kier alpha value is -5.66. The number of nitrogens with zero attached hydrogens (tertiary/aromatic N) is 1. The minimum absolute atomic E-state index is 0.0565. The molecule has 0 unspecified atom stereocenters. The van der Waals surface area contributed by atoms with E-state index in [1.165, 1.54) is 93.8 Å². The molecule has 10 rings (SSSR count). The normalized spacial score (nSPS) is 14.6. The van der Waals surface area contributed by atoms with Gasteiger partial charge in [-0.05, 0) is 96.6 Å². The lowest BCUT2D eigenvalue weighted by molar-refractivity contribution is 0.661. The molecule has 234 valence electrons. The van der Waals surface area contributed by atoms with Crippen LogP contribution in [0.25, 0.3) is 65.7 Å². The molecule has 0 saturated heterocycles. The summed E-state index contributed by atoms with van der Waals surface area (Å²) in [5.41, 5.74) is 14.8. The fourth-order valence-corrected chi connectivity index (χ4v) is 9.08. The first kappa shape index (κ1) is 28.4. The molecule has 0 fully saturated rings. The van der Waals surface area contributed by atoms with Gasteiger partial charge < -0.3 is 4.90 Å². The summed E-state index contributed by atoms with van der Waals surface area (Å²) >= 11 is 0. The fraction of sp³-hybridized carbons (Fsp3) is 0.125. The number of para-hydroxylation sites is 1. The van der Waals surface area contributed by atoms with Crippen LogP contribution in [0.5, 0.6) is 0 Å². The Balaban J connectivity index is 1.16. The topological polar surface area (TPSA) is 3.24 Å². The van der Waals surface area contributed by atoms with Gasteiger partial charge in [0.15, 0.2) is 0 Å². The number of anilines is 2. The van der Waals surface area contributed by atoms with Crippen LogP contribution in [0.2, 0.25) is 0 Å². The van der Waals surface area contributed by atoms with E-state index >= 15 is 0 Å². The lowest BCUT2D eigenvalue weighted by atomic mass is 9.80. The molecule has 0 radical (unpaired) electrons. The summed E-state index contributed by atoms with van der Waals surface area (Å²) in [6.07, 6.45) is 2.29. The Morgan fingerprint density at radius 1 is 0.469 bits per heavy atom. The number of hydrogen-bond donors (Lipinski definition) is 0. The van der Waals surface area contributed by atoms with E-state index < -0.39 is 0 Å². The second-order valence-electron chi connectivity index (χ2n) is 14.3. The van der Waals surface area contributed by atoms with Crippen LogP contribution in [0.15, 0.2) is 152 Å². The molecule has 0 N–H and O–H groups in total. The molecule has 0 amide bonds. The van der Waals surface area contributed by atoms with Gasteiger partial charge in [0, 0.05) is 28.4 Å². The highest BCUT2D eigenvalue weighted by Gasteiger charge is 2.37. The van der Waals surface area contributed by atoms with E-state index in [1.54, 1.807) is 0 Å². The van der Waals surface area contributed by atoms with Crippen LogP contribution in [0.4, 0.5) is 11.4 Å². The van der Waals surface area contributed by atoms with Crippen molar-refractivity contribution < 1.29 is 0 Å². The molecule has 1 aliphatic heterocycles. The van der Waals surface area contributed by atoms with Gasteiger partial charge in [0.05, 0.1) is 5.69 Å². The maximum absolute atomic E-state index is 2.58. The average molecular weight is 628 g/mol. The Bertz CT molecular complexity index is 2550. The quantitative estimate of drug-likeness (QED) is 0.176. The molecule has 2 aliphatic rings. The van der Waals surface area contributed by atoms with Crippen LogP contribution < -0.4 is 4.90 Å². The van der Waals surface area contributed by atoms with Crippen molar-refractivity contribution in [3.05, 3.63) is 168 Å². The summed E-state index contributed by atoms with van der Waals surface area (Å²) in [7, 11) is 0. The average Bonchev–Trinajstić information content (AvgIpc) is 3.39. The van der Waals surface area contributed by atoms with Gasteiger partial charge in [0.1, 0.15) is 0 Å². The highest BCUT2D eigenvalue weighted by Crippen LogP contribution is 2.53. The van der Waals surface area contributed by atoms with Gasteiger partial charge in [-0.3, -0.25) is 0 Å².